The number of alkyl carbamates (subject to hydrolysis) is 1. The molecule has 0 heterocycles. The third kappa shape index (κ3) is 2.68. The molecule has 2 aromatic carbocycles. The predicted octanol–water partition coefficient (Wildman–Crippen LogP) is 4.80. The molecule has 1 amide bonds. The van der Waals surface area contributed by atoms with Crippen LogP contribution in [-0.2, 0) is 9.53 Å². The molecule has 3 saturated carbocycles. The Balaban J connectivity index is 1.26. The fourth-order valence-electron chi connectivity index (χ4n) is 6.10. The molecule has 0 aromatic heterocycles. The van der Waals surface area contributed by atoms with Crippen LogP contribution in [0.3, 0.4) is 0 Å². The summed E-state index contributed by atoms with van der Waals surface area (Å²) < 4.78 is 5.56. The minimum atomic E-state index is -0.972. The van der Waals surface area contributed by atoms with Gasteiger partial charge in [0.25, 0.3) is 0 Å². The number of carbonyl (C=O) groups is 2. The summed E-state index contributed by atoms with van der Waals surface area (Å²) in [6, 6.07) is 15.4. The summed E-state index contributed by atoms with van der Waals surface area (Å²) in [6.07, 6.45) is 1.97. The van der Waals surface area contributed by atoms with E-state index in [1.54, 1.807) is 0 Å². The van der Waals surface area contributed by atoms with Gasteiger partial charge in [-0.1, -0.05) is 62.4 Å². The number of nitrogens with one attached hydrogen (secondary N) is 1. The first-order valence-corrected chi connectivity index (χ1v) is 10.7. The van der Waals surface area contributed by atoms with Crippen molar-refractivity contribution in [3.63, 3.8) is 0 Å². The largest absolute Gasteiger partial charge is 0.480 e. The van der Waals surface area contributed by atoms with Crippen molar-refractivity contribution in [2.45, 2.75) is 45.1 Å². The third-order valence-corrected chi connectivity index (χ3v) is 7.80. The molecule has 1 atom stereocenters. The number of benzene rings is 2. The maximum absolute atomic E-state index is 12.6. The number of ether oxygens (including phenoxy) is 1. The number of hydrogen-bond acceptors (Lipinski definition) is 3. The van der Waals surface area contributed by atoms with Gasteiger partial charge in [0.15, 0.2) is 0 Å². The molecule has 5 nitrogen and oxygen atoms in total. The van der Waals surface area contributed by atoms with E-state index < -0.39 is 18.1 Å². The molecule has 6 rings (SSSR count). The van der Waals surface area contributed by atoms with Gasteiger partial charge in [-0.05, 0) is 52.8 Å². The lowest BCUT2D eigenvalue weighted by atomic mass is 9.30. The van der Waals surface area contributed by atoms with Crippen LogP contribution >= 0.6 is 0 Å². The van der Waals surface area contributed by atoms with Gasteiger partial charge in [0.2, 0.25) is 0 Å². The Morgan fingerprint density at radius 3 is 2.03 bits per heavy atom. The zero-order chi connectivity index (χ0) is 21.1. The molecule has 2 N–H and O–H groups in total. The van der Waals surface area contributed by atoms with Crippen LogP contribution in [0, 0.1) is 16.7 Å². The molecule has 5 heteroatoms. The highest BCUT2D eigenvalue weighted by atomic mass is 16.5. The van der Waals surface area contributed by atoms with Gasteiger partial charge in [-0.3, -0.25) is 0 Å². The van der Waals surface area contributed by atoms with Crippen molar-refractivity contribution in [2.24, 2.45) is 16.7 Å². The van der Waals surface area contributed by atoms with Gasteiger partial charge in [-0.15, -0.1) is 0 Å². The van der Waals surface area contributed by atoms with Gasteiger partial charge < -0.3 is 15.2 Å². The molecular weight excluding hydrogens is 378 g/mol. The first-order chi connectivity index (χ1) is 14.4. The van der Waals surface area contributed by atoms with Crippen molar-refractivity contribution in [3.05, 3.63) is 59.7 Å². The Labute approximate surface area is 176 Å². The summed E-state index contributed by atoms with van der Waals surface area (Å²) in [6.45, 7) is 4.57. The zero-order valence-corrected chi connectivity index (χ0v) is 17.4. The Morgan fingerprint density at radius 1 is 1.00 bits per heavy atom. The van der Waals surface area contributed by atoms with E-state index in [-0.39, 0.29) is 23.4 Å². The van der Waals surface area contributed by atoms with Crippen LogP contribution in [0.15, 0.2) is 48.5 Å². The smallest absolute Gasteiger partial charge is 0.407 e. The number of fused-ring (bicyclic) bond motifs is 3. The molecule has 156 valence electrons. The Bertz CT molecular complexity index is 962. The second kappa shape index (κ2) is 6.59. The van der Waals surface area contributed by atoms with Crippen molar-refractivity contribution < 1.29 is 19.4 Å². The molecule has 0 saturated heterocycles. The summed E-state index contributed by atoms with van der Waals surface area (Å²) in [5.74, 6) is -0.463. The van der Waals surface area contributed by atoms with Crippen LogP contribution in [-0.4, -0.2) is 29.8 Å². The molecule has 2 bridgehead atoms. The van der Waals surface area contributed by atoms with E-state index in [4.69, 9.17) is 4.74 Å². The number of carboxylic acids is 1. The van der Waals surface area contributed by atoms with E-state index in [0.717, 1.165) is 30.4 Å². The minimum absolute atomic E-state index is 0.0365. The highest BCUT2D eigenvalue weighted by Gasteiger charge is 2.72. The summed E-state index contributed by atoms with van der Waals surface area (Å²) >= 11 is 0. The maximum atomic E-state index is 12.6. The number of amides is 1. The van der Waals surface area contributed by atoms with Crippen LogP contribution in [0.4, 0.5) is 4.79 Å². The number of aliphatic carboxylic acids is 1. The second-order valence-corrected chi connectivity index (χ2v) is 9.65. The average Bonchev–Trinajstić information content (AvgIpc) is 2.97. The SMILES string of the molecule is CC(C)C12CC(C(NC(=O)OCC3c4ccccc4-c4ccccc43)C(=O)O)(C1)C2. The topological polar surface area (TPSA) is 75.6 Å². The quantitative estimate of drug-likeness (QED) is 0.724. The Kier molecular flexibility index (Phi) is 4.21. The number of hydrogen-bond donors (Lipinski definition) is 2. The summed E-state index contributed by atoms with van der Waals surface area (Å²) in [5, 5.41) is 12.4. The Morgan fingerprint density at radius 2 is 1.53 bits per heavy atom. The summed E-state index contributed by atoms with van der Waals surface area (Å²) in [4.78, 5) is 24.5. The highest BCUT2D eigenvalue weighted by Crippen LogP contribution is 2.77. The van der Waals surface area contributed by atoms with Crippen molar-refractivity contribution in [1.29, 1.82) is 0 Å². The van der Waals surface area contributed by atoms with Crippen LogP contribution in [0.1, 0.15) is 50.2 Å². The molecule has 30 heavy (non-hydrogen) atoms. The molecular formula is C25H27NO4. The maximum Gasteiger partial charge on any atom is 0.407 e. The molecule has 4 aliphatic rings. The standard InChI is InChI=1S/C25H27NO4/c1-15(2)24-12-25(13-24,14-24)21(22(27)28)26-23(29)30-11-20-18-9-5-3-7-16(18)17-8-4-6-10-19(17)20/h3-10,15,20-21H,11-14H2,1-2H3,(H,26,29)(H,27,28). The molecule has 3 fully saturated rings. The van der Waals surface area contributed by atoms with E-state index in [9.17, 15) is 14.7 Å². The molecule has 4 aliphatic carbocycles. The van der Waals surface area contributed by atoms with Gasteiger partial charge in [-0.25, -0.2) is 9.59 Å². The monoisotopic (exact) mass is 405 g/mol. The number of carbonyl (C=O) groups excluding carboxylic acids is 1. The van der Waals surface area contributed by atoms with Crippen molar-refractivity contribution in [3.8, 4) is 11.1 Å². The van der Waals surface area contributed by atoms with Crippen molar-refractivity contribution in [1.82, 2.24) is 5.32 Å². The van der Waals surface area contributed by atoms with E-state index >= 15 is 0 Å². The number of carboxylic acid groups (broad SMARTS) is 1. The summed E-state index contributed by atoms with van der Waals surface area (Å²) in [7, 11) is 0. The van der Waals surface area contributed by atoms with E-state index in [1.807, 2.05) is 24.3 Å². The molecule has 0 aliphatic heterocycles. The minimum Gasteiger partial charge on any atom is -0.480 e. The van der Waals surface area contributed by atoms with E-state index in [0.29, 0.717) is 5.92 Å². The second-order valence-electron chi connectivity index (χ2n) is 9.65. The van der Waals surface area contributed by atoms with Crippen LogP contribution in [0.2, 0.25) is 0 Å². The molecule has 2 aromatic rings. The van der Waals surface area contributed by atoms with Gasteiger partial charge in [0.05, 0.1) is 0 Å². The first-order valence-electron chi connectivity index (χ1n) is 10.7. The Hall–Kier alpha value is -2.82. The van der Waals surface area contributed by atoms with E-state index in [1.165, 1.54) is 11.1 Å². The normalized spacial score (nSPS) is 26.8. The predicted molar refractivity (Wildman–Crippen MR) is 113 cm³/mol. The van der Waals surface area contributed by atoms with Crippen molar-refractivity contribution in [2.75, 3.05) is 6.61 Å². The fraction of sp³-hybridized carbons (Fsp3) is 0.440. The number of rotatable bonds is 6. The zero-order valence-electron chi connectivity index (χ0n) is 17.4. The lowest BCUT2D eigenvalue weighted by Crippen LogP contribution is -2.73. The van der Waals surface area contributed by atoms with Gasteiger partial charge in [0.1, 0.15) is 12.6 Å². The lowest BCUT2D eigenvalue weighted by Gasteiger charge is -2.74. The molecule has 0 radical (unpaired) electrons. The molecule has 0 spiro atoms. The first kappa shape index (κ1) is 19.2. The highest BCUT2D eigenvalue weighted by molar-refractivity contribution is 5.82. The molecule has 1 unspecified atom stereocenters. The van der Waals surface area contributed by atoms with Gasteiger partial charge in [-0.2, -0.15) is 0 Å². The fourth-order valence-corrected chi connectivity index (χ4v) is 6.10. The van der Waals surface area contributed by atoms with Crippen molar-refractivity contribution >= 4 is 12.1 Å². The van der Waals surface area contributed by atoms with Gasteiger partial charge >= 0.3 is 12.1 Å². The lowest BCUT2D eigenvalue weighted by molar-refractivity contribution is -0.245. The van der Waals surface area contributed by atoms with E-state index in [2.05, 4.69) is 43.4 Å². The van der Waals surface area contributed by atoms with Crippen LogP contribution < -0.4 is 5.32 Å². The summed E-state index contributed by atoms with van der Waals surface area (Å²) in [5.41, 5.74) is 4.58. The van der Waals surface area contributed by atoms with Crippen LogP contribution in [0.25, 0.3) is 11.1 Å². The average molecular weight is 405 g/mol. The van der Waals surface area contributed by atoms with Gasteiger partial charge in [0, 0.05) is 11.3 Å². The third-order valence-electron chi connectivity index (χ3n) is 7.80. The van der Waals surface area contributed by atoms with Crippen LogP contribution in [0.5, 0.6) is 0 Å².